The van der Waals surface area contributed by atoms with Crippen LogP contribution >= 0.6 is 0 Å². The second-order valence-electron chi connectivity index (χ2n) is 3.78. The van der Waals surface area contributed by atoms with E-state index in [1.54, 1.807) is 26.1 Å². The largest absolute Gasteiger partial charge is 0.310 e. The molecule has 0 aromatic heterocycles. The van der Waals surface area contributed by atoms with Crippen molar-refractivity contribution in [3.05, 3.63) is 41.5 Å². The third-order valence-corrected chi connectivity index (χ3v) is 2.30. The molecule has 0 unspecified atom stereocenters. The summed E-state index contributed by atoms with van der Waals surface area (Å²) in [5.41, 5.74) is 2.56. The van der Waals surface area contributed by atoms with Crippen LogP contribution in [0, 0.1) is 18.3 Å². The van der Waals surface area contributed by atoms with Crippen LogP contribution in [0.25, 0.3) is 0 Å². The molecule has 0 saturated carbocycles. The highest BCUT2D eigenvalue weighted by molar-refractivity contribution is 6.05. The Labute approximate surface area is 95.6 Å². The molecule has 1 aromatic carbocycles. The molecule has 0 aliphatic carbocycles. The Bertz CT molecular complexity index is 483. The third kappa shape index (κ3) is 2.29. The zero-order valence-corrected chi connectivity index (χ0v) is 9.74. The maximum Gasteiger partial charge on any atom is 0.253 e. The number of anilines is 1. The van der Waals surface area contributed by atoms with Crippen molar-refractivity contribution in [2.24, 2.45) is 0 Å². The minimum atomic E-state index is -0.180. The summed E-state index contributed by atoms with van der Waals surface area (Å²) in [7, 11) is 1.64. The van der Waals surface area contributed by atoms with Gasteiger partial charge in [-0.3, -0.25) is 4.79 Å². The highest BCUT2D eigenvalue weighted by Crippen LogP contribution is 2.21. The van der Waals surface area contributed by atoms with Crippen LogP contribution in [-0.4, -0.2) is 13.0 Å². The summed E-state index contributed by atoms with van der Waals surface area (Å²) in [4.78, 5) is 13.2. The minimum Gasteiger partial charge on any atom is -0.310 e. The Morgan fingerprint density at radius 1 is 1.50 bits per heavy atom. The summed E-state index contributed by atoms with van der Waals surface area (Å²) in [6, 6.07) is 7.49. The molecule has 0 aliphatic heterocycles. The van der Waals surface area contributed by atoms with Crippen LogP contribution in [0.2, 0.25) is 0 Å². The number of hydrogen-bond acceptors (Lipinski definition) is 2. The van der Waals surface area contributed by atoms with Gasteiger partial charge < -0.3 is 4.90 Å². The molecule has 1 rings (SSSR count). The van der Waals surface area contributed by atoms with Crippen LogP contribution in [0.3, 0.4) is 0 Å². The summed E-state index contributed by atoms with van der Waals surface area (Å²) in [6.45, 7) is 7.16. The average molecular weight is 214 g/mol. The molecule has 1 aromatic rings. The molecule has 0 aliphatic rings. The van der Waals surface area contributed by atoms with E-state index >= 15 is 0 Å². The molecule has 0 heterocycles. The highest BCUT2D eigenvalue weighted by atomic mass is 16.2. The van der Waals surface area contributed by atoms with E-state index in [0.717, 1.165) is 5.56 Å². The van der Waals surface area contributed by atoms with Crippen molar-refractivity contribution in [2.45, 2.75) is 13.8 Å². The van der Waals surface area contributed by atoms with E-state index in [2.05, 4.69) is 12.6 Å². The van der Waals surface area contributed by atoms with Gasteiger partial charge in [-0.05, 0) is 31.5 Å². The predicted octanol–water partition coefficient (Wildman–Crippen LogP) is 2.41. The monoisotopic (exact) mass is 214 g/mol. The number of rotatable bonds is 2. The van der Waals surface area contributed by atoms with Gasteiger partial charge in [0.05, 0.1) is 11.3 Å². The van der Waals surface area contributed by atoms with E-state index in [9.17, 15) is 4.79 Å². The van der Waals surface area contributed by atoms with Gasteiger partial charge in [0.2, 0.25) is 0 Å². The predicted molar refractivity (Wildman–Crippen MR) is 64.1 cm³/mol. The Kier molecular flexibility index (Phi) is 3.47. The minimum absolute atomic E-state index is 0.180. The summed E-state index contributed by atoms with van der Waals surface area (Å²) < 4.78 is 0. The summed E-state index contributed by atoms with van der Waals surface area (Å²) in [6.07, 6.45) is 0. The number of nitrogens with zero attached hydrogens (tertiary/aromatic N) is 2. The van der Waals surface area contributed by atoms with Crippen molar-refractivity contribution in [1.29, 1.82) is 5.26 Å². The van der Waals surface area contributed by atoms with Gasteiger partial charge in [0.1, 0.15) is 6.07 Å². The fourth-order valence-corrected chi connectivity index (χ4v) is 1.43. The molecule has 3 nitrogen and oxygen atoms in total. The van der Waals surface area contributed by atoms with Gasteiger partial charge in [-0.25, -0.2) is 0 Å². The highest BCUT2D eigenvalue weighted by Gasteiger charge is 2.14. The van der Waals surface area contributed by atoms with Gasteiger partial charge in [0, 0.05) is 12.6 Å². The standard InChI is InChI=1S/C13H14N2O/c1-9(2)13(16)15(4)12-6-5-10(3)7-11(12)8-14/h5-7H,1H2,2-4H3. The first-order valence-corrected chi connectivity index (χ1v) is 4.91. The van der Waals surface area contributed by atoms with E-state index in [4.69, 9.17) is 5.26 Å². The Morgan fingerprint density at radius 3 is 2.62 bits per heavy atom. The topological polar surface area (TPSA) is 44.1 Å². The quantitative estimate of drug-likeness (QED) is 0.709. The zero-order chi connectivity index (χ0) is 12.3. The molecule has 0 saturated heterocycles. The van der Waals surface area contributed by atoms with Crippen LogP contribution in [-0.2, 0) is 4.79 Å². The molecule has 0 fully saturated rings. The lowest BCUT2D eigenvalue weighted by Crippen LogP contribution is -2.27. The molecule has 0 bridgehead atoms. The van der Waals surface area contributed by atoms with Crippen LogP contribution < -0.4 is 4.90 Å². The third-order valence-electron chi connectivity index (χ3n) is 2.30. The van der Waals surface area contributed by atoms with Crippen molar-refractivity contribution in [2.75, 3.05) is 11.9 Å². The molecule has 16 heavy (non-hydrogen) atoms. The smallest absolute Gasteiger partial charge is 0.253 e. The molecule has 0 spiro atoms. The van der Waals surface area contributed by atoms with Crippen LogP contribution in [0.5, 0.6) is 0 Å². The summed E-state index contributed by atoms with van der Waals surface area (Å²) >= 11 is 0. The van der Waals surface area contributed by atoms with E-state index in [-0.39, 0.29) is 5.91 Å². The van der Waals surface area contributed by atoms with Gasteiger partial charge in [0.15, 0.2) is 0 Å². The fourth-order valence-electron chi connectivity index (χ4n) is 1.43. The number of carbonyl (C=O) groups is 1. The van der Waals surface area contributed by atoms with E-state index in [0.29, 0.717) is 16.8 Å². The molecule has 1 amide bonds. The van der Waals surface area contributed by atoms with Crippen molar-refractivity contribution >= 4 is 11.6 Å². The normalized spacial score (nSPS) is 9.38. The average Bonchev–Trinajstić information content (AvgIpc) is 2.26. The van der Waals surface area contributed by atoms with E-state index < -0.39 is 0 Å². The molecule has 0 atom stereocenters. The lowest BCUT2D eigenvalue weighted by Gasteiger charge is -2.18. The second kappa shape index (κ2) is 4.63. The molecular formula is C13H14N2O. The number of hydrogen-bond donors (Lipinski definition) is 0. The molecule has 82 valence electrons. The van der Waals surface area contributed by atoms with Gasteiger partial charge in [-0.2, -0.15) is 5.26 Å². The second-order valence-corrected chi connectivity index (χ2v) is 3.78. The van der Waals surface area contributed by atoms with Crippen LogP contribution in [0.1, 0.15) is 18.1 Å². The van der Waals surface area contributed by atoms with Gasteiger partial charge in [0.25, 0.3) is 5.91 Å². The van der Waals surface area contributed by atoms with Crippen molar-refractivity contribution in [1.82, 2.24) is 0 Å². The summed E-state index contributed by atoms with van der Waals surface area (Å²) in [5.74, 6) is -0.180. The summed E-state index contributed by atoms with van der Waals surface area (Å²) in [5, 5.41) is 9.00. The Morgan fingerprint density at radius 2 is 2.12 bits per heavy atom. The van der Waals surface area contributed by atoms with Gasteiger partial charge in [-0.1, -0.05) is 12.6 Å². The molecular weight excluding hydrogens is 200 g/mol. The van der Waals surface area contributed by atoms with Crippen molar-refractivity contribution in [3.63, 3.8) is 0 Å². The number of amides is 1. The first kappa shape index (κ1) is 12.0. The molecule has 0 radical (unpaired) electrons. The lowest BCUT2D eigenvalue weighted by atomic mass is 10.1. The van der Waals surface area contributed by atoms with E-state index in [1.807, 2.05) is 13.0 Å². The lowest BCUT2D eigenvalue weighted by molar-refractivity contribution is -0.114. The first-order chi connectivity index (χ1) is 7.47. The van der Waals surface area contributed by atoms with Gasteiger partial charge >= 0.3 is 0 Å². The fraction of sp³-hybridized carbons (Fsp3) is 0.231. The number of carbonyl (C=O) groups excluding carboxylic acids is 1. The van der Waals surface area contributed by atoms with Crippen molar-refractivity contribution in [3.8, 4) is 6.07 Å². The number of nitriles is 1. The molecule has 3 heteroatoms. The first-order valence-electron chi connectivity index (χ1n) is 4.91. The Hall–Kier alpha value is -2.08. The molecule has 0 N–H and O–H groups in total. The van der Waals surface area contributed by atoms with Crippen LogP contribution in [0.15, 0.2) is 30.4 Å². The maximum atomic E-state index is 11.7. The van der Waals surface area contributed by atoms with Crippen LogP contribution in [0.4, 0.5) is 5.69 Å². The number of benzene rings is 1. The number of aryl methyl sites for hydroxylation is 1. The van der Waals surface area contributed by atoms with Crippen molar-refractivity contribution < 1.29 is 4.79 Å². The zero-order valence-electron chi connectivity index (χ0n) is 9.74. The van der Waals surface area contributed by atoms with Gasteiger partial charge in [-0.15, -0.1) is 0 Å². The maximum absolute atomic E-state index is 11.7. The Balaban J connectivity index is 3.19. The number of likely N-dealkylation sites (N-methyl/N-ethyl adjacent to an activating group) is 1. The SMILES string of the molecule is C=C(C)C(=O)N(C)c1ccc(C)cc1C#N. The van der Waals surface area contributed by atoms with E-state index in [1.165, 1.54) is 4.90 Å².